The van der Waals surface area contributed by atoms with Gasteiger partial charge in [-0.15, -0.1) is 0 Å². The van der Waals surface area contributed by atoms with Crippen LogP contribution in [0.5, 0.6) is 0 Å². The zero-order valence-electron chi connectivity index (χ0n) is 12.1. The lowest BCUT2D eigenvalue weighted by molar-refractivity contribution is 0.0602. The molecule has 0 amide bonds. The number of nitrogens with one attached hydrogen (secondary N) is 1. The molecule has 0 unspecified atom stereocenters. The summed E-state index contributed by atoms with van der Waals surface area (Å²) in [7, 11) is 1.36. The van der Waals surface area contributed by atoms with Crippen molar-refractivity contribution in [1.29, 1.82) is 0 Å². The molecule has 5 heteroatoms. The van der Waals surface area contributed by atoms with E-state index >= 15 is 0 Å². The van der Waals surface area contributed by atoms with Crippen LogP contribution in [0.15, 0.2) is 18.2 Å². The number of carbonyl (C=O) groups excluding carboxylic acids is 1. The van der Waals surface area contributed by atoms with Crippen LogP contribution >= 0.6 is 11.8 Å². The van der Waals surface area contributed by atoms with Gasteiger partial charge in [0, 0.05) is 11.3 Å². The third kappa shape index (κ3) is 3.03. The van der Waals surface area contributed by atoms with Gasteiger partial charge in [0.05, 0.1) is 24.0 Å². The molecular formula is C15H22N2O2S. The maximum Gasteiger partial charge on any atom is 0.340 e. The van der Waals surface area contributed by atoms with Crippen LogP contribution < -0.4 is 11.1 Å². The van der Waals surface area contributed by atoms with Crippen molar-refractivity contribution in [3.8, 4) is 0 Å². The van der Waals surface area contributed by atoms with E-state index in [-0.39, 0.29) is 0 Å². The smallest absolute Gasteiger partial charge is 0.340 e. The summed E-state index contributed by atoms with van der Waals surface area (Å²) in [6.45, 7) is 0.878. The summed E-state index contributed by atoms with van der Waals surface area (Å²) in [5.41, 5.74) is 7.76. The van der Waals surface area contributed by atoms with E-state index in [1.54, 1.807) is 6.07 Å². The monoisotopic (exact) mass is 294 g/mol. The molecule has 0 bridgehead atoms. The van der Waals surface area contributed by atoms with Crippen molar-refractivity contribution >= 4 is 29.1 Å². The number of esters is 1. The van der Waals surface area contributed by atoms with E-state index in [0.29, 0.717) is 16.0 Å². The standard InChI is InChI=1S/C15H22N2O2S/c1-19-14(18)11-6-5-7-12(13(11)16)17-10-15(20-2)8-3-4-9-15/h5-7,17H,3-4,8-10,16H2,1-2H3. The Kier molecular flexibility index (Phi) is 4.81. The first-order chi connectivity index (χ1) is 9.62. The van der Waals surface area contributed by atoms with Gasteiger partial charge in [-0.1, -0.05) is 18.9 Å². The predicted molar refractivity (Wildman–Crippen MR) is 85.4 cm³/mol. The average Bonchev–Trinajstić information content (AvgIpc) is 2.95. The summed E-state index contributed by atoms with van der Waals surface area (Å²) in [6.07, 6.45) is 7.22. The number of ether oxygens (including phenoxy) is 1. The number of methoxy groups -OCH3 is 1. The van der Waals surface area contributed by atoms with E-state index in [0.717, 1.165) is 12.2 Å². The minimum Gasteiger partial charge on any atom is -0.465 e. The zero-order chi connectivity index (χ0) is 14.6. The second kappa shape index (κ2) is 6.39. The number of anilines is 2. The molecule has 1 fully saturated rings. The highest BCUT2D eigenvalue weighted by Crippen LogP contribution is 2.40. The normalized spacial score (nSPS) is 16.9. The minimum absolute atomic E-state index is 0.299. The molecule has 0 heterocycles. The Labute approximate surface area is 124 Å². The molecule has 0 spiro atoms. The molecule has 0 aromatic heterocycles. The maximum atomic E-state index is 11.6. The van der Waals surface area contributed by atoms with Crippen LogP contribution in [0.25, 0.3) is 0 Å². The Morgan fingerprint density at radius 2 is 2.15 bits per heavy atom. The number of carbonyl (C=O) groups is 1. The predicted octanol–water partition coefficient (Wildman–Crippen LogP) is 3.14. The number of hydrogen-bond donors (Lipinski definition) is 2. The molecule has 1 aromatic rings. The van der Waals surface area contributed by atoms with Gasteiger partial charge in [0.1, 0.15) is 0 Å². The lowest BCUT2D eigenvalue weighted by atomic mass is 10.1. The molecule has 1 aliphatic rings. The first-order valence-corrected chi connectivity index (χ1v) is 8.10. The van der Waals surface area contributed by atoms with Gasteiger partial charge in [0.25, 0.3) is 0 Å². The highest BCUT2D eigenvalue weighted by Gasteiger charge is 2.32. The fourth-order valence-corrected chi connectivity index (χ4v) is 3.65. The molecule has 0 atom stereocenters. The molecular weight excluding hydrogens is 272 g/mol. The third-order valence-corrected chi connectivity index (χ3v) is 5.48. The van der Waals surface area contributed by atoms with Gasteiger partial charge in [-0.25, -0.2) is 4.79 Å². The summed E-state index contributed by atoms with van der Waals surface area (Å²) in [5, 5.41) is 3.41. The molecule has 2 rings (SSSR count). The Hall–Kier alpha value is -1.36. The first kappa shape index (κ1) is 15.0. The van der Waals surface area contributed by atoms with Crippen LogP contribution in [0.4, 0.5) is 11.4 Å². The van der Waals surface area contributed by atoms with Crippen molar-refractivity contribution < 1.29 is 9.53 Å². The molecule has 0 radical (unpaired) electrons. The largest absolute Gasteiger partial charge is 0.465 e. The Bertz CT molecular complexity index is 485. The van der Waals surface area contributed by atoms with Gasteiger partial charge in [-0.2, -0.15) is 11.8 Å². The molecule has 1 aliphatic carbocycles. The average molecular weight is 294 g/mol. The van der Waals surface area contributed by atoms with Crippen molar-refractivity contribution in [3.05, 3.63) is 23.8 Å². The zero-order valence-corrected chi connectivity index (χ0v) is 12.9. The number of para-hydroxylation sites is 1. The Morgan fingerprint density at radius 1 is 1.45 bits per heavy atom. The summed E-state index contributed by atoms with van der Waals surface area (Å²) in [4.78, 5) is 11.6. The number of hydrogen-bond acceptors (Lipinski definition) is 5. The Balaban J connectivity index is 2.12. The van der Waals surface area contributed by atoms with E-state index in [9.17, 15) is 4.79 Å². The number of nitrogen functional groups attached to an aromatic ring is 1. The Morgan fingerprint density at radius 3 is 2.75 bits per heavy atom. The second-order valence-corrected chi connectivity index (χ2v) is 6.48. The fraction of sp³-hybridized carbons (Fsp3) is 0.533. The third-order valence-electron chi connectivity index (χ3n) is 4.06. The van der Waals surface area contributed by atoms with E-state index < -0.39 is 5.97 Å². The van der Waals surface area contributed by atoms with Gasteiger partial charge >= 0.3 is 5.97 Å². The molecule has 1 aromatic carbocycles. The molecule has 1 saturated carbocycles. The molecule has 3 N–H and O–H groups in total. The summed E-state index contributed by atoms with van der Waals surface area (Å²) >= 11 is 1.93. The lowest BCUT2D eigenvalue weighted by Gasteiger charge is -2.28. The molecule has 4 nitrogen and oxygen atoms in total. The molecule has 0 aliphatic heterocycles. The maximum absolute atomic E-state index is 11.6. The van der Waals surface area contributed by atoms with E-state index in [2.05, 4.69) is 11.6 Å². The summed E-state index contributed by atoms with van der Waals surface area (Å²) in [6, 6.07) is 5.42. The highest BCUT2D eigenvalue weighted by atomic mass is 32.2. The number of thioether (sulfide) groups is 1. The van der Waals surface area contributed by atoms with Crippen molar-refractivity contribution in [1.82, 2.24) is 0 Å². The van der Waals surface area contributed by atoms with Gasteiger partial charge in [-0.3, -0.25) is 0 Å². The summed E-state index contributed by atoms with van der Waals surface area (Å²) < 4.78 is 5.04. The van der Waals surface area contributed by atoms with Crippen molar-refractivity contribution in [3.63, 3.8) is 0 Å². The fourth-order valence-electron chi connectivity index (χ4n) is 2.74. The van der Waals surface area contributed by atoms with Crippen LogP contribution in [0, 0.1) is 0 Å². The van der Waals surface area contributed by atoms with Crippen LogP contribution in [0.3, 0.4) is 0 Å². The summed E-state index contributed by atoms with van der Waals surface area (Å²) in [5.74, 6) is -0.397. The van der Waals surface area contributed by atoms with Gasteiger partial charge in [0.15, 0.2) is 0 Å². The van der Waals surface area contributed by atoms with E-state index in [1.165, 1.54) is 32.8 Å². The number of nitrogens with two attached hydrogens (primary N) is 1. The van der Waals surface area contributed by atoms with Gasteiger partial charge in [0.2, 0.25) is 0 Å². The highest BCUT2D eigenvalue weighted by molar-refractivity contribution is 8.00. The second-order valence-electron chi connectivity index (χ2n) is 5.21. The van der Waals surface area contributed by atoms with Crippen molar-refractivity contribution in [2.75, 3.05) is 31.0 Å². The van der Waals surface area contributed by atoms with Crippen molar-refractivity contribution in [2.45, 2.75) is 30.4 Å². The van der Waals surface area contributed by atoms with Crippen molar-refractivity contribution in [2.24, 2.45) is 0 Å². The van der Waals surface area contributed by atoms with Crippen LogP contribution in [-0.2, 0) is 4.74 Å². The van der Waals surface area contributed by atoms with Gasteiger partial charge in [-0.05, 0) is 31.2 Å². The van der Waals surface area contributed by atoms with E-state index in [1.807, 2.05) is 23.9 Å². The van der Waals surface area contributed by atoms with Crippen LogP contribution in [0.2, 0.25) is 0 Å². The molecule has 0 saturated heterocycles. The quantitative estimate of drug-likeness (QED) is 0.645. The number of rotatable bonds is 5. The van der Waals surface area contributed by atoms with E-state index in [4.69, 9.17) is 10.5 Å². The lowest BCUT2D eigenvalue weighted by Crippen LogP contribution is -2.30. The minimum atomic E-state index is -0.397. The SMILES string of the molecule is COC(=O)c1cccc(NCC2(SC)CCCC2)c1N. The van der Waals surface area contributed by atoms with Gasteiger partial charge < -0.3 is 15.8 Å². The van der Waals surface area contributed by atoms with Crippen LogP contribution in [-0.4, -0.2) is 30.6 Å². The molecule has 110 valence electrons. The van der Waals surface area contributed by atoms with Crippen LogP contribution in [0.1, 0.15) is 36.0 Å². The molecule has 20 heavy (non-hydrogen) atoms. The number of benzene rings is 1. The first-order valence-electron chi connectivity index (χ1n) is 6.88. The topological polar surface area (TPSA) is 64.3 Å².